The predicted molar refractivity (Wildman–Crippen MR) is 97.1 cm³/mol. The number of carbonyl (C=O) groups excluding carboxylic acids is 1. The molecule has 0 aromatic heterocycles. The van der Waals surface area contributed by atoms with Crippen molar-refractivity contribution >= 4 is 5.97 Å². The van der Waals surface area contributed by atoms with E-state index in [1.54, 1.807) is 0 Å². The van der Waals surface area contributed by atoms with Crippen LogP contribution in [0.5, 0.6) is 5.75 Å². The molecule has 4 heteroatoms. The van der Waals surface area contributed by atoms with Crippen molar-refractivity contribution in [2.75, 3.05) is 20.2 Å². The van der Waals surface area contributed by atoms with Gasteiger partial charge in [0, 0.05) is 19.1 Å². The molecule has 0 amide bonds. The highest BCUT2D eigenvalue weighted by Crippen LogP contribution is 2.40. The Bertz CT molecular complexity index is 628. The van der Waals surface area contributed by atoms with Crippen LogP contribution in [-0.4, -0.2) is 42.7 Å². The van der Waals surface area contributed by atoms with Gasteiger partial charge in [0.05, 0.1) is 12.7 Å². The van der Waals surface area contributed by atoms with Crippen molar-refractivity contribution in [3.8, 4) is 5.75 Å². The van der Waals surface area contributed by atoms with Crippen LogP contribution in [0.25, 0.3) is 0 Å². The van der Waals surface area contributed by atoms with Gasteiger partial charge in [0.25, 0.3) is 0 Å². The molecule has 1 saturated heterocycles. The molecule has 0 radical (unpaired) electrons. The van der Waals surface area contributed by atoms with E-state index in [1.165, 1.54) is 44.8 Å². The second kappa shape index (κ2) is 6.99. The Morgan fingerprint density at radius 3 is 2.64 bits per heavy atom. The lowest BCUT2D eigenvalue weighted by atomic mass is 9.81. The molecular formula is C21H29NO3. The van der Waals surface area contributed by atoms with E-state index < -0.39 is 0 Å². The summed E-state index contributed by atoms with van der Waals surface area (Å²) in [4.78, 5) is 14.5. The van der Waals surface area contributed by atoms with E-state index in [0.717, 1.165) is 50.6 Å². The topological polar surface area (TPSA) is 38.8 Å². The van der Waals surface area contributed by atoms with Crippen molar-refractivity contribution in [1.29, 1.82) is 0 Å². The average Bonchev–Trinajstić information content (AvgIpc) is 2.68. The number of hydrogen-bond donors (Lipinski definition) is 0. The molecule has 0 N–H and O–H groups in total. The Kier molecular flexibility index (Phi) is 4.72. The number of methoxy groups -OCH3 is 1. The molecule has 2 heterocycles. The molecule has 4 rings (SSSR count). The normalized spacial score (nSPS) is 23.7. The fraction of sp³-hybridized carbons (Fsp3) is 0.667. The predicted octanol–water partition coefficient (Wildman–Crippen LogP) is 3.97. The molecule has 1 aliphatic carbocycles. The summed E-state index contributed by atoms with van der Waals surface area (Å²) in [6, 6.07) is 6.53. The number of carbonyl (C=O) groups is 1. The number of hydrogen-bond acceptors (Lipinski definition) is 4. The average molecular weight is 343 g/mol. The fourth-order valence-electron chi connectivity index (χ4n) is 4.84. The third kappa shape index (κ3) is 3.41. The van der Waals surface area contributed by atoms with Crippen LogP contribution in [0, 0.1) is 0 Å². The zero-order valence-electron chi connectivity index (χ0n) is 15.3. The van der Waals surface area contributed by atoms with Crippen LogP contribution >= 0.6 is 0 Å². The number of esters is 1. The van der Waals surface area contributed by atoms with E-state index in [0.29, 0.717) is 5.56 Å². The third-order valence-corrected chi connectivity index (χ3v) is 6.47. The van der Waals surface area contributed by atoms with Gasteiger partial charge in [-0.15, -0.1) is 0 Å². The number of aryl methyl sites for hydroxylation is 1. The van der Waals surface area contributed by atoms with Crippen molar-refractivity contribution in [1.82, 2.24) is 4.90 Å². The maximum absolute atomic E-state index is 11.8. The van der Waals surface area contributed by atoms with Crippen LogP contribution < -0.4 is 4.74 Å². The minimum atomic E-state index is -0.293. The van der Waals surface area contributed by atoms with Crippen molar-refractivity contribution in [3.05, 3.63) is 29.3 Å². The second-order valence-electron chi connectivity index (χ2n) is 7.93. The largest absolute Gasteiger partial charge is 0.487 e. The van der Waals surface area contributed by atoms with Gasteiger partial charge in [-0.2, -0.15) is 0 Å². The smallest absolute Gasteiger partial charge is 0.337 e. The lowest BCUT2D eigenvalue weighted by Gasteiger charge is -2.47. The molecule has 1 saturated carbocycles. The highest BCUT2D eigenvalue weighted by atomic mass is 16.5. The molecule has 0 bridgehead atoms. The molecule has 4 nitrogen and oxygen atoms in total. The first-order valence-corrected chi connectivity index (χ1v) is 9.83. The summed E-state index contributed by atoms with van der Waals surface area (Å²) in [7, 11) is 1.42. The molecule has 3 aliphatic rings. The van der Waals surface area contributed by atoms with Gasteiger partial charge in [-0.05, 0) is 56.2 Å². The Hall–Kier alpha value is -1.55. The van der Waals surface area contributed by atoms with Gasteiger partial charge in [0.2, 0.25) is 0 Å². The van der Waals surface area contributed by atoms with Crippen LogP contribution in [0.1, 0.15) is 67.3 Å². The molecule has 0 unspecified atom stereocenters. The van der Waals surface area contributed by atoms with Gasteiger partial charge in [-0.3, -0.25) is 0 Å². The zero-order chi connectivity index (χ0) is 17.3. The van der Waals surface area contributed by atoms with Gasteiger partial charge in [-0.1, -0.05) is 25.3 Å². The monoisotopic (exact) mass is 343 g/mol. The Labute approximate surface area is 150 Å². The fourth-order valence-corrected chi connectivity index (χ4v) is 4.84. The van der Waals surface area contributed by atoms with Crippen LogP contribution in [0.15, 0.2) is 18.2 Å². The van der Waals surface area contributed by atoms with Crippen LogP contribution in [-0.2, 0) is 11.2 Å². The number of fused-ring (bicyclic) bond motifs is 1. The number of piperidine rings is 1. The highest BCUT2D eigenvalue weighted by molar-refractivity contribution is 5.90. The van der Waals surface area contributed by atoms with Crippen molar-refractivity contribution < 1.29 is 14.3 Å². The number of rotatable bonds is 2. The van der Waals surface area contributed by atoms with E-state index in [9.17, 15) is 4.79 Å². The number of ether oxygens (including phenoxy) is 2. The van der Waals surface area contributed by atoms with Crippen molar-refractivity contribution in [2.24, 2.45) is 0 Å². The van der Waals surface area contributed by atoms with Gasteiger partial charge < -0.3 is 14.4 Å². The van der Waals surface area contributed by atoms with Gasteiger partial charge in [-0.25, -0.2) is 4.79 Å². The minimum absolute atomic E-state index is 0.0348. The summed E-state index contributed by atoms with van der Waals surface area (Å²) in [5.41, 5.74) is 1.76. The molecule has 2 aliphatic heterocycles. The SMILES string of the molecule is COC(=O)c1ccc2c(c1)OC1(CC2)CCN(C2CCCCC2)CC1. The van der Waals surface area contributed by atoms with Gasteiger partial charge in [0.15, 0.2) is 0 Å². The van der Waals surface area contributed by atoms with Gasteiger partial charge in [0.1, 0.15) is 11.4 Å². The van der Waals surface area contributed by atoms with E-state index >= 15 is 0 Å². The summed E-state index contributed by atoms with van der Waals surface area (Å²) in [5.74, 6) is 0.596. The summed E-state index contributed by atoms with van der Waals surface area (Å²) < 4.78 is 11.3. The molecule has 136 valence electrons. The standard InChI is InChI=1S/C21H29NO3/c1-24-20(23)17-8-7-16-9-10-21(25-19(16)15-17)11-13-22(14-12-21)18-5-3-2-4-6-18/h7-8,15,18H,2-6,9-14H2,1H3. The Morgan fingerprint density at radius 2 is 1.92 bits per heavy atom. The number of benzene rings is 1. The molecular weight excluding hydrogens is 314 g/mol. The van der Waals surface area contributed by atoms with Crippen molar-refractivity contribution in [2.45, 2.75) is 69.4 Å². The molecule has 1 aromatic carbocycles. The summed E-state index contributed by atoms with van der Waals surface area (Å²) in [6.07, 6.45) is 11.3. The quantitative estimate of drug-likeness (QED) is 0.762. The molecule has 0 atom stereocenters. The number of nitrogens with zero attached hydrogens (tertiary/aromatic N) is 1. The van der Waals surface area contributed by atoms with E-state index in [4.69, 9.17) is 9.47 Å². The summed E-state index contributed by atoms with van der Waals surface area (Å²) in [5, 5.41) is 0. The molecule has 1 spiro atoms. The Balaban J connectivity index is 1.44. The first-order chi connectivity index (χ1) is 12.2. The van der Waals surface area contributed by atoms with Crippen LogP contribution in [0.3, 0.4) is 0 Å². The molecule has 1 aromatic rings. The summed E-state index contributed by atoms with van der Waals surface area (Å²) >= 11 is 0. The third-order valence-electron chi connectivity index (χ3n) is 6.47. The maximum Gasteiger partial charge on any atom is 0.337 e. The van der Waals surface area contributed by atoms with Crippen LogP contribution in [0.4, 0.5) is 0 Å². The lowest BCUT2D eigenvalue weighted by molar-refractivity contribution is -0.0284. The maximum atomic E-state index is 11.8. The van der Waals surface area contributed by atoms with Crippen molar-refractivity contribution in [3.63, 3.8) is 0 Å². The van der Waals surface area contributed by atoms with E-state index in [-0.39, 0.29) is 11.6 Å². The van der Waals surface area contributed by atoms with Gasteiger partial charge >= 0.3 is 5.97 Å². The summed E-state index contributed by atoms with van der Waals surface area (Å²) in [6.45, 7) is 2.30. The van der Waals surface area contributed by atoms with E-state index in [2.05, 4.69) is 4.90 Å². The first kappa shape index (κ1) is 16.9. The second-order valence-corrected chi connectivity index (χ2v) is 7.93. The first-order valence-electron chi connectivity index (χ1n) is 9.83. The van der Waals surface area contributed by atoms with E-state index in [1.807, 2.05) is 18.2 Å². The molecule has 2 fully saturated rings. The number of likely N-dealkylation sites (tertiary alicyclic amines) is 1. The zero-order valence-corrected chi connectivity index (χ0v) is 15.3. The van der Waals surface area contributed by atoms with Crippen LogP contribution in [0.2, 0.25) is 0 Å². The highest BCUT2D eigenvalue weighted by Gasteiger charge is 2.40. The molecule has 25 heavy (non-hydrogen) atoms. The lowest BCUT2D eigenvalue weighted by Crippen LogP contribution is -2.52. The minimum Gasteiger partial charge on any atom is -0.487 e. The Morgan fingerprint density at radius 1 is 1.16 bits per heavy atom.